The fraction of sp³-hybridized carbons (Fsp3) is 0.462. The molecule has 2 rings (SSSR count). The van der Waals surface area contributed by atoms with E-state index in [-0.39, 0.29) is 12.5 Å². The van der Waals surface area contributed by atoms with Gasteiger partial charge in [0.25, 0.3) is 5.91 Å². The number of methoxy groups -OCH3 is 1. The molecule has 98 valence electrons. The first-order chi connectivity index (χ1) is 8.81. The van der Waals surface area contributed by atoms with Gasteiger partial charge in [-0.15, -0.1) is 0 Å². The van der Waals surface area contributed by atoms with E-state index in [0.717, 1.165) is 0 Å². The average molecular weight is 251 g/mol. The van der Waals surface area contributed by atoms with Crippen molar-refractivity contribution in [3.63, 3.8) is 0 Å². The lowest BCUT2D eigenvalue weighted by atomic mass is 10.3. The van der Waals surface area contributed by atoms with Crippen LogP contribution in [-0.4, -0.2) is 50.8 Å². The number of morpholine rings is 1. The molecule has 0 aliphatic carbocycles. The predicted octanol–water partition coefficient (Wildman–Crippen LogP) is 0.933. The summed E-state index contributed by atoms with van der Waals surface area (Å²) in [6.45, 7) is 2.49. The van der Waals surface area contributed by atoms with Gasteiger partial charge in [-0.2, -0.15) is 0 Å². The maximum absolute atomic E-state index is 11.9. The molecule has 1 aliphatic rings. The van der Waals surface area contributed by atoms with E-state index < -0.39 is 0 Å². The van der Waals surface area contributed by atoms with Gasteiger partial charge in [0.2, 0.25) is 0 Å². The summed E-state index contributed by atoms with van der Waals surface area (Å²) < 4.78 is 15.8. The summed E-state index contributed by atoms with van der Waals surface area (Å²) in [5, 5.41) is 0. The number of amides is 1. The summed E-state index contributed by atoms with van der Waals surface area (Å²) >= 11 is 0. The molecule has 0 aromatic heterocycles. The number of carbonyl (C=O) groups is 1. The Morgan fingerprint density at radius 2 is 1.94 bits per heavy atom. The smallest absolute Gasteiger partial charge is 0.260 e. The van der Waals surface area contributed by atoms with E-state index in [0.29, 0.717) is 37.8 Å². The molecular formula is C13H17NO4. The van der Waals surface area contributed by atoms with Crippen molar-refractivity contribution in [1.29, 1.82) is 0 Å². The van der Waals surface area contributed by atoms with Gasteiger partial charge in [-0.25, -0.2) is 0 Å². The van der Waals surface area contributed by atoms with Crippen LogP contribution in [-0.2, 0) is 9.53 Å². The van der Waals surface area contributed by atoms with Crippen molar-refractivity contribution in [2.75, 3.05) is 40.0 Å². The van der Waals surface area contributed by atoms with Crippen LogP contribution in [0.1, 0.15) is 0 Å². The molecule has 1 aromatic carbocycles. The van der Waals surface area contributed by atoms with Crippen molar-refractivity contribution < 1.29 is 19.0 Å². The standard InChI is InChI=1S/C13H17NO4/c1-16-11-4-2-3-5-12(11)18-10-13(15)14-6-8-17-9-7-14/h2-5H,6-10H2,1H3. The van der Waals surface area contributed by atoms with Gasteiger partial charge in [-0.1, -0.05) is 12.1 Å². The third-order valence-electron chi connectivity index (χ3n) is 2.78. The third-order valence-corrected chi connectivity index (χ3v) is 2.78. The van der Waals surface area contributed by atoms with E-state index in [1.807, 2.05) is 12.1 Å². The molecule has 0 saturated carbocycles. The first-order valence-corrected chi connectivity index (χ1v) is 5.92. The zero-order valence-electron chi connectivity index (χ0n) is 10.4. The SMILES string of the molecule is COc1ccccc1OCC(=O)N1CCOCC1. The molecule has 0 N–H and O–H groups in total. The maximum Gasteiger partial charge on any atom is 0.260 e. The number of hydrogen-bond acceptors (Lipinski definition) is 4. The molecule has 5 nitrogen and oxygen atoms in total. The van der Waals surface area contributed by atoms with Crippen LogP contribution in [0, 0.1) is 0 Å². The van der Waals surface area contributed by atoms with Gasteiger partial charge >= 0.3 is 0 Å². The molecular weight excluding hydrogens is 234 g/mol. The minimum Gasteiger partial charge on any atom is -0.493 e. The highest BCUT2D eigenvalue weighted by Crippen LogP contribution is 2.25. The summed E-state index contributed by atoms with van der Waals surface area (Å²) in [6.07, 6.45) is 0. The summed E-state index contributed by atoms with van der Waals surface area (Å²) in [7, 11) is 1.58. The highest BCUT2D eigenvalue weighted by atomic mass is 16.5. The summed E-state index contributed by atoms with van der Waals surface area (Å²) in [5.41, 5.74) is 0. The molecule has 0 unspecified atom stereocenters. The Labute approximate surface area is 106 Å². The van der Waals surface area contributed by atoms with E-state index in [4.69, 9.17) is 14.2 Å². The normalized spacial score (nSPS) is 15.3. The van der Waals surface area contributed by atoms with Crippen molar-refractivity contribution in [3.8, 4) is 11.5 Å². The van der Waals surface area contributed by atoms with Crippen molar-refractivity contribution in [3.05, 3.63) is 24.3 Å². The minimum atomic E-state index is -0.0239. The van der Waals surface area contributed by atoms with E-state index >= 15 is 0 Å². The second-order valence-electron chi connectivity index (χ2n) is 3.93. The Bertz CT molecular complexity index is 402. The minimum absolute atomic E-state index is 0.0239. The van der Waals surface area contributed by atoms with Gasteiger partial charge in [0.05, 0.1) is 20.3 Å². The molecule has 1 saturated heterocycles. The van der Waals surface area contributed by atoms with Gasteiger partial charge in [0, 0.05) is 13.1 Å². The number of rotatable bonds is 4. The maximum atomic E-state index is 11.9. The van der Waals surface area contributed by atoms with Crippen LogP contribution in [0.25, 0.3) is 0 Å². The number of nitrogens with zero attached hydrogens (tertiary/aromatic N) is 1. The molecule has 0 radical (unpaired) electrons. The Morgan fingerprint density at radius 1 is 1.28 bits per heavy atom. The number of para-hydroxylation sites is 2. The zero-order valence-corrected chi connectivity index (χ0v) is 10.4. The number of carbonyl (C=O) groups excluding carboxylic acids is 1. The van der Waals surface area contributed by atoms with Crippen LogP contribution >= 0.6 is 0 Å². The van der Waals surface area contributed by atoms with Crippen LogP contribution in [0.5, 0.6) is 11.5 Å². The summed E-state index contributed by atoms with van der Waals surface area (Å²) in [4.78, 5) is 13.6. The molecule has 18 heavy (non-hydrogen) atoms. The van der Waals surface area contributed by atoms with Crippen LogP contribution in [0.15, 0.2) is 24.3 Å². The van der Waals surface area contributed by atoms with Crippen LogP contribution in [0.2, 0.25) is 0 Å². The molecule has 0 bridgehead atoms. The lowest BCUT2D eigenvalue weighted by molar-refractivity contribution is -0.137. The van der Waals surface area contributed by atoms with Gasteiger partial charge in [-0.05, 0) is 12.1 Å². The van der Waals surface area contributed by atoms with Crippen molar-refractivity contribution in [2.45, 2.75) is 0 Å². The zero-order chi connectivity index (χ0) is 12.8. The summed E-state index contributed by atoms with van der Waals surface area (Å²) in [5.74, 6) is 1.19. The number of benzene rings is 1. The second kappa shape index (κ2) is 6.26. The van der Waals surface area contributed by atoms with Gasteiger partial charge < -0.3 is 19.1 Å². The lowest BCUT2D eigenvalue weighted by Crippen LogP contribution is -2.42. The molecule has 1 aromatic rings. The van der Waals surface area contributed by atoms with Crippen molar-refractivity contribution >= 4 is 5.91 Å². The Hall–Kier alpha value is -1.75. The van der Waals surface area contributed by atoms with E-state index in [2.05, 4.69) is 0 Å². The molecule has 1 fully saturated rings. The lowest BCUT2D eigenvalue weighted by Gasteiger charge is -2.26. The fourth-order valence-electron chi connectivity index (χ4n) is 1.78. The van der Waals surface area contributed by atoms with Crippen molar-refractivity contribution in [1.82, 2.24) is 4.90 Å². The Kier molecular flexibility index (Phi) is 4.41. The van der Waals surface area contributed by atoms with E-state index in [1.165, 1.54) is 0 Å². The quantitative estimate of drug-likeness (QED) is 0.799. The summed E-state index contributed by atoms with van der Waals surface area (Å²) in [6, 6.07) is 7.28. The monoisotopic (exact) mass is 251 g/mol. The van der Waals surface area contributed by atoms with Crippen molar-refractivity contribution in [2.24, 2.45) is 0 Å². The Balaban J connectivity index is 1.88. The molecule has 0 spiro atoms. The van der Waals surface area contributed by atoms with Crippen LogP contribution in [0.3, 0.4) is 0 Å². The van der Waals surface area contributed by atoms with Crippen LogP contribution < -0.4 is 9.47 Å². The molecule has 1 amide bonds. The van der Waals surface area contributed by atoms with Gasteiger partial charge in [0.15, 0.2) is 18.1 Å². The fourth-order valence-corrected chi connectivity index (χ4v) is 1.78. The van der Waals surface area contributed by atoms with Gasteiger partial charge in [0.1, 0.15) is 0 Å². The highest BCUT2D eigenvalue weighted by Gasteiger charge is 2.17. The van der Waals surface area contributed by atoms with E-state index in [1.54, 1.807) is 24.1 Å². The van der Waals surface area contributed by atoms with E-state index in [9.17, 15) is 4.79 Å². The first-order valence-electron chi connectivity index (χ1n) is 5.92. The largest absolute Gasteiger partial charge is 0.493 e. The average Bonchev–Trinajstić information content (AvgIpc) is 2.46. The first kappa shape index (κ1) is 12.7. The molecule has 1 aliphatic heterocycles. The molecule has 0 atom stereocenters. The Morgan fingerprint density at radius 3 is 2.61 bits per heavy atom. The number of hydrogen-bond donors (Lipinski definition) is 0. The molecule has 1 heterocycles. The molecule has 5 heteroatoms. The predicted molar refractivity (Wildman–Crippen MR) is 65.9 cm³/mol. The third kappa shape index (κ3) is 3.13. The number of ether oxygens (including phenoxy) is 3. The second-order valence-corrected chi connectivity index (χ2v) is 3.93. The highest BCUT2D eigenvalue weighted by molar-refractivity contribution is 5.78. The van der Waals surface area contributed by atoms with Crippen LogP contribution in [0.4, 0.5) is 0 Å². The topological polar surface area (TPSA) is 48.0 Å². The van der Waals surface area contributed by atoms with Gasteiger partial charge in [-0.3, -0.25) is 4.79 Å².